The van der Waals surface area contributed by atoms with Gasteiger partial charge < -0.3 is 15.5 Å². The van der Waals surface area contributed by atoms with E-state index in [4.69, 9.17) is 5.73 Å². The second kappa shape index (κ2) is 8.19. The number of hydrogen-bond acceptors (Lipinski definition) is 4. The second-order valence-corrected chi connectivity index (χ2v) is 7.64. The fourth-order valence-electron chi connectivity index (χ4n) is 4.21. The summed E-state index contributed by atoms with van der Waals surface area (Å²) in [4.78, 5) is 17.3. The predicted molar refractivity (Wildman–Crippen MR) is 109 cm³/mol. The van der Waals surface area contributed by atoms with Crippen molar-refractivity contribution in [2.45, 2.75) is 32.2 Å². The van der Waals surface area contributed by atoms with Crippen LogP contribution in [0.1, 0.15) is 33.7 Å². The molecule has 2 N–H and O–H groups in total. The lowest BCUT2D eigenvalue weighted by Gasteiger charge is -2.39. The average molecular weight is 408 g/mol. The summed E-state index contributed by atoms with van der Waals surface area (Å²) in [6.45, 7) is 4.49. The van der Waals surface area contributed by atoms with Crippen LogP contribution in [-0.4, -0.2) is 64.8 Å². The minimum Gasteiger partial charge on any atom is -0.330 e. The van der Waals surface area contributed by atoms with E-state index in [2.05, 4.69) is 10.00 Å². The van der Waals surface area contributed by atoms with Gasteiger partial charge in [0.15, 0.2) is 5.69 Å². The topological polar surface area (TPSA) is 67.4 Å². The first-order valence-corrected chi connectivity index (χ1v) is 9.56. The van der Waals surface area contributed by atoms with Gasteiger partial charge in [0, 0.05) is 37.4 Å². The van der Waals surface area contributed by atoms with Crippen LogP contribution >= 0.6 is 12.4 Å². The molecule has 8 heteroatoms. The average Bonchev–Trinajstić information content (AvgIpc) is 3.24. The molecule has 0 saturated carbocycles. The Morgan fingerprint density at radius 2 is 2.11 bits per heavy atom. The van der Waals surface area contributed by atoms with Crippen LogP contribution < -0.4 is 5.73 Å². The van der Waals surface area contributed by atoms with Crippen molar-refractivity contribution in [1.29, 1.82) is 0 Å². The van der Waals surface area contributed by atoms with Crippen LogP contribution in [-0.2, 0) is 12.8 Å². The zero-order valence-electron chi connectivity index (χ0n) is 16.3. The van der Waals surface area contributed by atoms with Gasteiger partial charge in [0.2, 0.25) is 0 Å². The molecule has 2 aromatic rings. The molecule has 1 aliphatic heterocycles. The highest BCUT2D eigenvalue weighted by molar-refractivity contribution is 5.94. The lowest BCUT2D eigenvalue weighted by Crippen LogP contribution is -2.56. The first-order chi connectivity index (χ1) is 13.0. The molecule has 28 heavy (non-hydrogen) atoms. The van der Waals surface area contributed by atoms with Gasteiger partial charge in [0.25, 0.3) is 5.91 Å². The normalized spacial score (nSPS) is 19.4. The van der Waals surface area contributed by atoms with E-state index in [1.54, 1.807) is 10.7 Å². The number of carbonyl (C=O) groups is 1. The Hall–Kier alpha value is -1.96. The molecule has 2 heterocycles. The highest BCUT2D eigenvalue weighted by Gasteiger charge is 2.34. The zero-order chi connectivity index (χ0) is 19.1. The summed E-state index contributed by atoms with van der Waals surface area (Å²) in [7, 11) is 2.04. The Labute approximate surface area is 170 Å². The van der Waals surface area contributed by atoms with Gasteiger partial charge in [0.05, 0.1) is 6.04 Å². The molecule has 1 amide bonds. The minimum atomic E-state index is -0.314. The fraction of sp³-hybridized carbons (Fsp3) is 0.500. The molecule has 1 aliphatic carbocycles. The Bertz CT molecular complexity index is 884. The van der Waals surface area contributed by atoms with Gasteiger partial charge in [0.1, 0.15) is 11.5 Å². The lowest BCUT2D eigenvalue weighted by molar-refractivity contribution is 0.0508. The maximum absolute atomic E-state index is 14.6. The van der Waals surface area contributed by atoms with E-state index < -0.39 is 0 Å². The molecule has 1 atom stereocenters. The zero-order valence-corrected chi connectivity index (χ0v) is 17.1. The Morgan fingerprint density at radius 3 is 2.82 bits per heavy atom. The van der Waals surface area contributed by atoms with Crippen molar-refractivity contribution in [2.24, 2.45) is 5.73 Å². The third kappa shape index (κ3) is 3.54. The molecule has 0 bridgehead atoms. The fourth-order valence-corrected chi connectivity index (χ4v) is 4.21. The van der Waals surface area contributed by atoms with Crippen LogP contribution in [0.5, 0.6) is 0 Å². The van der Waals surface area contributed by atoms with Crippen molar-refractivity contribution < 1.29 is 9.18 Å². The lowest BCUT2D eigenvalue weighted by atomic mass is 10.1. The summed E-state index contributed by atoms with van der Waals surface area (Å²) in [6, 6.07) is 5.09. The number of carbonyl (C=O) groups excluding carboxylic acids is 1. The van der Waals surface area contributed by atoms with Gasteiger partial charge in [-0.2, -0.15) is 5.10 Å². The standard InChI is InChI=1S/C20H26FN5O.ClH/c1-13-6-7-18(16(21)10-13)26-17-5-3-4-15(17)19(23-26)20(27)25-9-8-24(2)12-14(25)11-22;/h6-7,10,14H,3-5,8-9,11-12,22H2,1-2H3;1H. The van der Waals surface area contributed by atoms with E-state index in [-0.39, 0.29) is 30.2 Å². The molecule has 1 aromatic heterocycles. The second-order valence-electron chi connectivity index (χ2n) is 7.64. The van der Waals surface area contributed by atoms with Crippen molar-refractivity contribution in [3.05, 3.63) is 46.5 Å². The summed E-state index contributed by atoms with van der Waals surface area (Å²) in [5.41, 5.74) is 9.58. The highest BCUT2D eigenvalue weighted by atomic mass is 35.5. The molecule has 2 aliphatic rings. The third-order valence-electron chi connectivity index (χ3n) is 5.68. The van der Waals surface area contributed by atoms with Crippen LogP contribution in [0, 0.1) is 12.7 Å². The number of likely N-dealkylation sites (N-methyl/N-ethyl adjacent to an activating group) is 1. The first kappa shape index (κ1) is 20.8. The molecule has 1 unspecified atom stereocenters. The van der Waals surface area contributed by atoms with Crippen LogP contribution in [0.15, 0.2) is 18.2 Å². The largest absolute Gasteiger partial charge is 0.330 e. The van der Waals surface area contributed by atoms with Gasteiger partial charge in [-0.1, -0.05) is 6.07 Å². The van der Waals surface area contributed by atoms with E-state index in [0.29, 0.717) is 24.5 Å². The number of benzene rings is 1. The monoisotopic (exact) mass is 407 g/mol. The molecule has 0 radical (unpaired) electrons. The predicted octanol–water partition coefficient (Wildman–Crippen LogP) is 1.95. The molecule has 1 fully saturated rings. The molecule has 0 spiro atoms. The molecule has 152 valence electrons. The molecule has 4 rings (SSSR count). The highest BCUT2D eigenvalue weighted by Crippen LogP contribution is 2.30. The summed E-state index contributed by atoms with van der Waals surface area (Å²) < 4.78 is 16.2. The number of piperazine rings is 1. The first-order valence-electron chi connectivity index (χ1n) is 9.56. The number of nitrogens with zero attached hydrogens (tertiary/aromatic N) is 4. The van der Waals surface area contributed by atoms with Gasteiger partial charge in [-0.15, -0.1) is 12.4 Å². The van der Waals surface area contributed by atoms with Gasteiger partial charge >= 0.3 is 0 Å². The number of halogens is 2. The summed E-state index contributed by atoms with van der Waals surface area (Å²) in [5.74, 6) is -0.395. The number of amides is 1. The van der Waals surface area contributed by atoms with Gasteiger partial charge in [-0.3, -0.25) is 4.79 Å². The van der Waals surface area contributed by atoms with E-state index >= 15 is 0 Å². The van der Waals surface area contributed by atoms with Crippen molar-refractivity contribution in [1.82, 2.24) is 19.6 Å². The van der Waals surface area contributed by atoms with Crippen molar-refractivity contribution >= 4 is 18.3 Å². The van der Waals surface area contributed by atoms with Crippen molar-refractivity contribution in [3.8, 4) is 5.69 Å². The summed E-state index contributed by atoms with van der Waals surface area (Å²) in [5, 5.41) is 4.59. The smallest absolute Gasteiger partial charge is 0.275 e. The number of nitrogens with two attached hydrogens (primary N) is 1. The maximum Gasteiger partial charge on any atom is 0.275 e. The van der Waals surface area contributed by atoms with Crippen LogP contribution in [0.4, 0.5) is 4.39 Å². The maximum atomic E-state index is 14.6. The molecule has 6 nitrogen and oxygen atoms in total. The molecular weight excluding hydrogens is 381 g/mol. The van der Waals surface area contributed by atoms with Gasteiger partial charge in [-0.25, -0.2) is 9.07 Å². The number of fused-ring (bicyclic) bond motifs is 1. The third-order valence-corrected chi connectivity index (χ3v) is 5.68. The Kier molecular flexibility index (Phi) is 6.07. The van der Waals surface area contributed by atoms with Crippen LogP contribution in [0.25, 0.3) is 5.69 Å². The van der Waals surface area contributed by atoms with Gasteiger partial charge in [-0.05, 0) is 50.9 Å². The van der Waals surface area contributed by atoms with Crippen molar-refractivity contribution in [3.63, 3.8) is 0 Å². The van der Waals surface area contributed by atoms with E-state index in [9.17, 15) is 9.18 Å². The van der Waals surface area contributed by atoms with E-state index in [1.165, 1.54) is 6.07 Å². The van der Waals surface area contributed by atoms with Crippen LogP contribution in [0.2, 0.25) is 0 Å². The van der Waals surface area contributed by atoms with Crippen LogP contribution in [0.3, 0.4) is 0 Å². The number of aryl methyl sites for hydroxylation is 1. The molecular formula is C20H27ClFN5O. The quantitative estimate of drug-likeness (QED) is 0.844. The number of hydrogen-bond donors (Lipinski definition) is 1. The van der Waals surface area contributed by atoms with E-state index in [0.717, 1.165) is 49.2 Å². The summed E-state index contributed by atoms with van der Waals surface area (Å²) in [6.07, 6.45) is 2.58. The SMILES string of the molecule is Cc1ccc(-n2nc(C(=O)N3CCN(C)CC3CN)c3c2CCC3)c(F)c1.Cl. The van der Waals surface area contributed by atoms with E-state index in [1.807, 2.05) is 24.9 Å². The summed E-state index contributed by atoms with van der Waals surface area (Å²) >= 11 is 0. The number of rotatable bonds is 3. The minimum absolute atomic E-state index is 0. The Balaban J connectivity index is 0.00000225. The Morgan fingerprint density at radius 1 is 1.32 bits per heavy atom. The molecule has 1 aromatic carbocycles. The molecule has 1 saturated heterocycles. The number of aromatic nitrogens is 2. The van der Waals surface area contributed by atoms with Crippen molar-refractivity contribution in [2.75, 3.05) is 33.2 Å².